The molecular weight excluding hydrogens is 219 g/mol. The highest BCUT2D eigenvalue weighted by molar-refractivity contribution is 7.47. The van der Waals surface area contributed by atoms with Gasteiger partial charge in [0.25, 0.3) is 0 Å². The summed E-state index contributed by atoms with van der Waals surface area (Å²) >= 11 is 0. The van der Waals surface area contributed by atoms with Gasteiger partial charge >= 0.3 is 7.82 Å². The number of hydrogen-bond donors (Lipinski definition) is 3. The summed E-state index contributed by atoms with van der Waals surface area (Å²) in [7, 11) is -2.78. The van der Waals surface area contributed by atoms with E-state index >= 15 is 0 Å². The molecule has 7 heteroatoms. The second kappa shape index (κ2) is 5.94. The molecule has 0 aliphatic rings. The van der Waals surface area contributed by atoms with Crippen LogP contribution >= 0.6 is 7.82 Å². The first-order valence-electron chi connectivity index (χ1n) is 4.69. The largest absolute Gasteiger partial charge is 0.471 e. The zero-order chi connectivity index (χ0) is 12.1. The number of phosphoric ester groups is 1. The van der Waals surface area contributed by atoms with E-state index in [4.69, 9.17) is 15.3 Å². The van der Waals surface area contributed by atoms with Crippen molar-refractivity contribution in [3.05, 3.63) is 0 Å². The highest BCUT2D eigenvalue weighted by atomic mass is 31.2. The molecule has 0 aromatic heterocycles. The van der Waals surface area contributed by atoms with Crippen molar-refractivity contribution in [2.75, 3.05) is 13.7 Å². The number of rotatable bonds is 6. The highest BCUT2D eigenvalue weighted by Gasteiger charge is 2.23. The van der Waals surface area contributed by atoms with Gasteiger partial charge in [-0.05, 0) is 11.8 Å². The molecule has 0 aromatic rings. The third-order valence-corrected chi connectivity index (χ3v) is 2.70. The Morgan fingerprint density at radius 1 is 1.53 bits per heavy atom. The second-order valence-corrected chi connectivity index (χ2v) is 6.14. The van der Waals surface area contributed by atoms with E-state index in [1.807, 2.05) is 20.8 Å². The molecule has 4 N–H and O–H groups in total. The Labute approximate surface area is 90.7 Å². The van der Waals surface area contributed by atoms with Crippen molar-refractivity contribution < 1.29 is 18.5 Å². The second-order valence-electron chi connectivity index (χ2n) is 4.58. The Morgan fingerprint density at radius 2 is 2.07 bits per heavy atom. The van der Waals surface area contributed by atoms with Gasteiger partial charge in [0.2, 0.25) is 0 Å². The lowest BCUT2D eigenvalue weighted by Gasteiger charge is -2.25. The van der Waals surface area contributed by atoms with Crippen LogP contribution in [0.4, 0.5) is 0 Å². The van der Waals surface area contributed by atoms with Gasteiger partial charge in [0.1, 0.15) is 0 Å². The molecule has 0 heterocycles. The molecule has 0 aliphatic heterocycles. The number of nitrogens with two attached hydrogens (primary N) is 1. The minimum Gasteiger partial charge on any atom is -0.303 e. The molecule has 0 spiro atoms. The van der Waals surface area contributed by atoms with Crippen molar-refractivity contribution in [2.24, 2.45) is 11.3 Å². The summed E-state index contributed by atoms with van der Waals surface area (Å²) in [4.78, 5) is 9.01. The van der Waals surface area contributed by atoms with E-state index < -0.39 is 7.82 Å². The lowest BCUT2D eigenvalue weighted by Crippen LogP contribution is -2.41. The molecule has 0 aromatic carbocycles. The van der Waals surface area contributed by atoms with Crippen LogP contribution in [0.25, 0.3) is 0 Å². The van der Waals surface area contributed by atoms with E-state index in [9.17, 15) is 4.57 Å². The van der Waals surface area contributed by atoms with Crippen LogP contribution in [0.3, 0.4) is 0 Å². The zero-order valence-electron chi connectivity index (χ0n) is 9.69. The predicted molar refractivity (Wildman–Crippen MR) is 58.0 cm³/mol. The van der Waals surface area contributed by atoms with Crippen LogP contribution < -0.4 is 11.3 Å². The Bertz CT molecular complexity index is 229. The maximum absolute atomic E-state index is 11.0. The van der Waals surface area contributed by atoms with Crippen molar-refractivity contribution in [2.45, 2.75) is 33.2 Å². The summed E-state index contributed by atoms with van der Waals surface area (Å²) in [5, 5.41) is 0. The Morgan fingerprint density at radius 3 is 2.40 bits per heavy atom. The van der Waals surface area contributed by atoms with Crippen LogP contribution in [-0.4, -0.2) is 24.7 Å². The SMILES string of the molecule is COP(=O)(O)OCC(CC(C)(C)C)NN. The van der Waals surface area contributed by atoms with Gasteiger partial charge in [0.15, 0.2) is 0 Å². The summed E-state index contributed by atoms with van der Waals surface area (Å²) in [6.07, 6.45) is 0.729. The molecule has 2 unspecified atom stereocenters. The highest BCUT2D eigenvalue weighted by Crippen LogP contribution is 2.42. The van der Waals surface area contributed by atoms with Crippen LogP contribution in [0, 0.1) is 5.41 Å². The summed E-state index contributed by atoms with van der Waals surface area (Å²) < 4.78 is 20.0. The first-order valence-corrected chi connectivity index (χ1v) is 6.19. The van der Waals surface area contributed by atoms with Crippen molar-refractivity contribution >= 4 is 7.82 Å². The normalized spacial score (nSPS) is 18.5. The molecule has 0 fully saturated rings. The molecule has 0 amide bonds. The molecule has 0 saturated carbocycles. The number of hydrazine groups is 1. The molecular formula is C8H21N2O4P. The fourth-order valence-electron chi connectivity index (χ4n) is 1.14. The number of hydrogen-bond acceptors (Lipinski definition) is 5. The van der Waals surface area contributed by atoms with Gasteiger partial charge in [-0.25, -0.2) is 4.57 Å². The van der Waals surface area contributed by atoms with Gasteiger partial charge in [-0.3, -0.25) is 20.3 Å². The average molecular weight is 240 g/mol. The monoisotopic (exact) mass is 240 g/mol. The molecule has 6 nitrogen and oxygen atoms in total. The minimum absolute atomic E-state index is 0.0371. The lowest BCUT2D eigenvalue weighted by molar-refractivity contribution is 0.144. The molecule has 0 bridgehead atoms. The third kappa shape index (κ3) is 7.90. The quantitative estimate of drug-likeness (QED) is 0.364. The standard InChI is InChI=1S/C8H21N2O4P/c1-8(2,3)5-7(10-9)6-14-15(11,12)13-4/h7,10H,5-6,9H2,1-4H3,(H,11,12). The van der Waals surface area contributed by atoms with E-state index in [0.717, 1.165) is 13.5 Å². The molecule has 0 aliphatic carbocycles. The van der Waals surface area contributed by atoms with E-state index in [-0.39, 0.29) is 18.1 Å². The summed E-state index contributed by atoms with van der Waals surface area (Å²) in [5.74, 6) is 5.31. The predicted octanol–water partition coefficient (Wildman–Crippen LogP) is 1.02. The zero-order valence-corrected chi connectivity index (χ0v) is 10.6. The van der Waals surface area contributed by atoms with Gasteiger partial charge in [0.05, 0.1) is 6.61 Å². The van der Waals surface area contributed by atoms with Crippen LogP contribution in [0.5, 0.6) is 0 Å². The molecule has 0 radical (unpaired) electrons. The first-order chi connectivity index (χ1) is 6.70. The van der Waals surface area contributed by atoms with Gasteiger partial charge in [-0.1, -0.05) is 20.8 Å². The van der Waals surface area contributed by atoms with Gasteiger partial charge in [-0.2, -0.15) is 0 Å². The minimum atomic E-state index is -3.90. The lowest BCUT2D eigenvalue weighted by atomic mass is 9.88. The summed E-state index contributed by atoms with van der Waals surface area (Å²) in [6.45, 7) is 6.18. The topological polar surface area (TPSA) is 93.8 Å². The number of nitrogens with one attached hydrogen (secondary N) is 1. The Kier molecular flexibility index (Phi) is 5.95. The van der Waals surface area contributed by atoms with Crippen LogP contribution in [-0.2, 0) is 13.6 Å². The van der Waals surface area contributed by atoms with Crippen LogP contribution in [0.15, 0.2) is 0 Å². The smallest absolute Gasteiger partial charge is 0.303 e. The Balaban J connectivity index is 4.07. The van der Waals surface area contributed by atoms with Crippen LogP contribution in [0.2, 0.25) is 0 Å². The molecule has 0 saturated heterocycles. The van der Waals surface area contributed by atoms with Crippen molar-refractivity contribution in [3.8, 4) is 0 Å². The molecule has 92 valence electrons. The molecule has 0 rings (SSSR count). The first kappa shape index (κ1) is 15.0. The molecule has 2 atom stereocenters. The van der Waals surface area contributed by atoms with Crippen molar-refractivity contribution in [1.29, 1.82) is 0 Å². The fourth-order valence-corrected chi connectivity index (χ4v) is 1.62. The van der Waals surface area contributed by atoms with E-state index in [2.05, 4.69) is 9.95 Å². The summed E-state index contributed by atoms with van der Waals surface area (Å²) in [5.41, 5.74) is 2.60. The number of phosphoric acid groups is 1. The van der Waals surface area contributed by atoms with Gasteiger partial charge in [-0.15, -0.1) is 0 Å². The van der Waals surface area contributed by atoms with Crippen molar-refractivity contribution in [3.63, 3.8) is 0 Å². The van der Waals surface area contributed by atoms with E-state index in [0.29, 0.717) is 0 Å². The maximum atomic E-state index is 11.0. The molecule has 15 heavy (non-hydrogen) atoms. The maximum Gasteiger partial charge on any atom is 0.471 e. The van der Waals surface area contributed by atoms with Gasteiger partial charge < -0.3 is 4.89 Å². The van der Waals surface area contributed by atoms with E-state index in [1.165, 1.54) is 0 Å². The fraction of sp³-hybridized carbons (Fsp3) is 1.00. The van der Waals surface area contributed by atoms with E-state index in [1.54, 1.807) is 0 Å². The van der Waals surface area contributed by atoms with Gasteiger partial charge in [0, 0.05) is 13.2 Å². The summed E-state index contributed by atoms with van der Waals surface area (Å²) in [6, 6.07) is -0.180. The average Bonchev–Trinajstić information content (AvgIpc) is 2.10. The van der Waals surface area contributed by atoms with Crippen molar-refractivity contribution in [1.82, 2.24) is 5.43 Å². The Hall–Kier alpha value is 0.0300. The third-order valence-electron chi connectivity index (χ3n) is 1.76. The van der Waals surface area contributed by atoms with Crippen LogP contribution in [0.1, 0.15) is 27.2 Å².